The first-order valence-corrected chi connectivity index (χ1v) is 8.36. The lowest BCUT2D eigenvalue weighted by Gasteiger charge is -2.47. The predicted octanol–water partition coefficient (Wildman–Crippen LogP) is 3.37. The molecule has 4 heterocycles. The van der Waals surface area contributed by atoms with Crippen molar-refractivity contribution in [2.75, 3.05) is 11.4 Å². The molecule has 0 spiro atoms. The van der Waals surface area contributed by atoms with Crippen LogP contribution in [0.15, 0.2) is 55.0 Å². The first kappa shape index (κ1) is 13.6. The maximum Gasteiger partial charge on any atom is 0.199 e. The molecule has 0 saturated carbocycles. The van der Waals surface area contributed by atoms with Crippen LogP contribution < -0.4 is 4.90 Å². The van der Waals surface area contributed by atoms with Gasteiger partial charge in [0.1, 0.15) is 5.82 Å². The molecule has 0 radical (unpaired) electrons. The molecule has 118 valence electrons. The molecule has 3 aromatic rings. The summed E-state index contributed by atoms with van der Waals surface area (Å²) in [4.78, 5) is 20.0. The predicted molar refractivity (Wildman–Crippen MR) is 91.6 cm³/mol. The molecule has 0 N–H and O–H groups in total. The second-order valence-electron chi connectivity index (χ2n) is 6.38. The van der Waals surface area contributed by atoms with Crippen molar-refractivity contribution < 1.29 is 0 Å². The van der Waals surface area contributed by atoms with Gasteiger partial charge in [0.2, 0.25) is 0 Å². The average molecular weight is 315 g/mol. The summed E-state index contributed by atoms with van der Waals surface area (Å²) in [5.74, 6) is 2.72. The zero-order chi connectivity index (χ0) is 15.9. The fourth-order valence-corrected chi connectivity index (χ4v) is 4.02. The maximum atomic E-state index is 4.75. The molecule has 6 rings (SSSR count). The number of rotatable bonds is 2. The van der Waals surface area contributed by atoms with Crippen LogP contribution in [-0.2, 0) is 0 Å². The van der Waals surface area contributed by atoms with Crippen molar-refractivity contribution in [1.29, 1.82) is 0 Å². The number of anilines is 1. The number of fused-ring (bicyclic) bond motifs is 2. The van der Waals surface area contributed by atoms with Gasteiger partial charge in [-0.05, 0) is 36.1 Å². The molecule has 5 nitrogen and oxygen atoms in total. The van der Waals surface area contributed by atoms with Gasteiger partial charge in [-0.25, -0.2) is 19.9 Å². The number of hydrogen-bond donors (Lipinski definition) is 0. The Labute approximate surface area is 140 Å². The van der Waals surface area contributed by atoms with Gasteiger partial charge in [-0.1, -0.05) is 24.3 Å². The van der Waals surface area contributed by atoms with Crippen molar-refractivity contribution in [1.82, 2.24) is 19.9 Å². The molecule has 2 bridgehead atoms. The monoisotopic (exact) mass is 315 g/mol. The normalized spacial score (nSPS) is 21.6. The molecule has 1 fully saturated rings. The third-order valence-corrected chi connectivity index (χ3v) is 5.08. The fourth-order valence-electron chi connectivity index (χ4n) is 4.02. The van der Waals surface area contributed by atoms with Gasteiger partial charge >= 0.3 is 0 Å². The molecule has 2 aromatic heterocycles. The molecule has 2 unspecified atom stereocenters. The van der Waals surface area contributed by atoms with Crippen LogP contribution in [0, 0.1) is 0 Å². The van der Waals surface area contributed by atoms with Gasteiger partial charge in [0.15, 0.2) is 11.6 Å². The molecule has 24 heavy (non-hydrogen) atoms. The maximum absolute atomic E-state index is 4.75. The Morgan fingerprint density at radius 3 is 2.46 bits per heavy atom. The van der Waals surface area contributed by atoms with Crippen molar-refractivity contribution in [3.63, 3.8) is 0 Å². The van der Waals surface area contributed by atoms with Crippen molar-refractivity contribution in [2.24, 2.45) is 0 Å². The molecule has 2 atom stereocenters. The Kier molecular flexibility index (Phi) is 3.04. The van der Waals surface area contributed by atoms with E-state index in [0.29, 0.717) is 23.6 Å². The van der Waals surface area contributed by atoms with Gasteiger partial charge in [-0.3, -0.25) is 0 Å². The Morgan fingerprint density at radius 2 is 1.58 bits per heavy atom. The van der Waals surface area contributed by atoms with E-state index in [2.05, 4.69) is 44.1 Å². The van der Waals surface area contributed by atoms with Crippen LogP contribution in [0.3, 0.4) is 0 Å². The van der Waals surface area contributed by atoms with Gasteiger partial charge in [0, 0.05) is 31.1 Å². The first-order valence-electron chi connectivity index (χ1n) is 8.36. The van der Waals surface area contributed by atoms with Gasteiger partial charge < -0.3 is 4.90 Å². The Bertz CT molecular complexity index is 880. The molecule has 0 amide bonds. The lowest BCUT2D eigenvalue weighted by atomic mass is 9.75. The zero-order valence-electron chi connectivity index (χ0n) is 13.2. The van der Waals surface area contributed by atoms with Crippen molar-refractivity contribution in [3.8, 4) is 11.6 Å². The van der Waals surface area contributed by atoms with E-state index in [0.717, 1.165) is 12.4 Å². The molecule has 2 aliphatic heterocycles. The van der Waals surface area contributed by atoms with Gasteiger partial charge in [-0.15, -0.1) is 0 Å². The molecule has 3 aliphatic rings. The third kappa shape index (κ3) is 2.08. The van der Waals surface area contributed by atoms with Crippen LogP contribution in [0.5, 0.6) is 0 Å². The Hall–Kier alpha value is -2.82. The summed E-state index contributed by atoms with van der Waals surface area (Å²) in [5.41, 5.74) is 2.97. The van der Waals surface area contributed by atoms with Crippen LogP contribution in [-0.4, -0.2) is 26.5 Å². The highest BCUT2D eigenvalue weighted by atomic mass is 15.2. The van der Waals surface area contributed by atoms with E-state index in [-0.39, 0.29) is 0 Å². The van der Waals surface area contributed by atoms with Crippen LogP contribution in [0.4, 0.5) is 5.82 Å². The largest absolute Gasteiger partial charge is 0.349 e. The number of nitrogens with zero attached hydrogens (tertiary/aromatic N) is 5. The first-order chi connectivity index (χ1) is 11.9. The Balaban J connectivity index is 1.55. The van der Waals surface area contributed by atoms with Crippen molar-refractivity contribution in [3.05, 3.63) is 66.1 Å². The van der Waals surface area contributed by atoms with Crippen LogP contribution in [0.2, 0.25) is 0 Å². The fraction of sp³-hybridized carbons (Fsp3) is 0.263. The third-order valence-electron chi connectivity index (χ3n) is 5.08. The van der Waals surface area contributed by atoms with Crippen LogP contribution in [0.25, 0.3) is 11.6 Å². The number of benzene rings is 1. The average Bonchev–Trinajstić information content (AvgIpc) is 2.69. The molecule has 1 aromatic carbocycles. The minimum Gasteiger partial charge on any atom is -0.349 e. The van der Waals surface area contributed by atoms with Crippen molar-refractivity contribution in [2.45, 2.75) is 24.8 Å². The second-order valence-corrected chi connectivity index (χ2v) is 6.38. The van der Waals surface area contributed by atoms with Crippen LogP contribution >= 0.6 is 0 Å². The summed E-state index contributed by atoms with van der Waals surface area (Å²) in [6.07, 6.45) is 7.69. The SMILES string of the molecule is c1cnc(-c2nccc(N3CC4CCC3c3ccccc34)n2)nc1. The highest BCUT2D eigenvalue weighted by Crippen LogP contribution is 2.47. The lowest BCUT2D eigenvalue weighted by molar-refractivity contribution is 0.387. The van der Waals surface area contributed by atoms with E-state index >= 15 is 0 Å². The quantitative estimate of drug-likeness (QED) is 0.725. The van der Waals surface area contributed by atoms with Gasteiger partial charge in [-0.2, -0.15) is 0 Å². The topological polar surface area (TPSA) is 54.8 Å². The van der Waals surface area contributed by atoms with E-state index < -0.39 is 0 Å². The van der Waals surface area contributed by atoms with Gasteiger partial charge in [0.25, 0.3) is 0 Å². The van der Waals surface area contributed by atoms with Crippen LogP contribution in [0.1, 0.15) is 35.9 Å². The lowest BCUT2D eigenvalue weighted by Crippen LogP contribution is -2.42. The minimum absolute atomic E-state index is 0.408. The summed E-state index contributed by atoms with van der Waals surface area (Å²) in [5, 5.41) is 0. The standard InChI is InChI=1S/C19H17N5/c1-2-5-15-14(4-1)13-6-7-16(15)24(12-13)17-8-11-22-19(23-17)18-20-9-3-10-21-18/h1-5,8-11,13,16H,6-7,12H2. The second kappa shape index (κ2) is 5.37. The smallest absolute Gasteiger partial charge is 0.199 e. The summed E-state index contributed by atoms with van der Waals surface area (Å²) >= 11 is 0. The molecule has 1 saturated heterocycles. The number of aromatic nitrogens is 4. The summed E-state index contributed by atoms with van der Waals surface area (Å²) in [6, 6.07) is 13.0. The van der Waals surface area contributed by atoms with E-state index in [4.69, 9.17) is 4.98 Å². The summed E-state index contributed by atoms with van der Waals surface area (Å²) in [7, 11) is 0. The zero-order valence-corrected chi connectivity index (χ0v) is 13.2. The molecule has 1 aliphatic carbocycles. The van der Waals surface area contributed by atoms with E-state index in [9.17, 15) is 0 Å². The van der Waals surface area contributed by atoms with E-state index in [1.165, 1.54) is 24.0 Å². The highest BCUT2D eigenvalue weighted by molar-refractivity contribution is 5.54. The Morgan fingerprint density at radius 1 is 0.792 bits per heavy atom. The highest BCUT2D eigenvalue weighted by Gasteiger charge is 2.38. The number of piperidine rings is 1. The minimum atomic E-state index is 0.408. The molecular weight excluding hydrogens is 298 g/mol. The van der Waals surface area contributed by atoms with E-state index in [1.807, 2.05) is 12.3 Å². The summed E-state index contributed by atoms with van der Waals surface area (Å²) < 4.78 is 0. The van der Waals surface area contributed by atoms with E-state index in [1.54, 1.807) is 18.5 Å². The number of hydrogen-bond acceptors (Lipinski definition) is 5. The molecule has 5 heteroatoms. The van der Waals surface area contributed by atoms with Crippen molar-refractivity contribution >= 4 is 5.82 Å². The summed E-state index contributed by atoms with van der Waals surface area (Å²) in [6.45, 7) is 1.02. The van der Waals surface area contributed by atoms with Gasteiger partial charge in [0.05, 0.1) is 6.04 Å². The molecular formula is C19H17N5.